The highest BCUT2D eigenvalue weighted by Crippen LogP contribution is 2.31. The van der Waals surface area contributed by atoms with Crippen molar-refractivity contribution < 1.29 is 24.0 Å². The molecule has 1 aliphatic rings. The zero-order chi connectivity index (χ0) is 19.6. The molecular weight excluding hydrogens is 346 g/mol. The third kappa shape index (κ3) is 3.93. The van der Waals surface area contributed by atoms with Crippen molar-refractivity contribution in [2.45, 2.75) is 32.7 Å². The van der Waals surface area contributed by atoms with E-state index in [4.69, 9.17) is 9.47 Å². The van der Waals surface area contributed by atoms with Gasteiger partial charge in [-0.1, -0.05) is 6.92 Å². The Hall–Kier alpha value is -2.54. The lowest BCUT2D eigenvalue weighted by Gasteiger charge is -2.31. The van der Waals surface area contributed by atoms with Crippen molar-refractivity contribution in [1.29, 1.82) is 0 Å². The number of aromatic amines is 1. The maximum Gasteiger partial charge on any atom is 0.356 e. The molecule has 0 aliphatic carbocycles. The predicted molar refractivity (Wildman–Crippen MR) is 103 cm³/mol. The number of likely N-dealkylation sites (tertiary alicyclic amines) is 1. The molecule has 1 aliphatic heterocycles. The van der Waals surface area contributed by atoms with Crippen molar-refractivity contribution in [1.82, 2.24) is 4.98 Å². The largest absolute Gasteiger partial charge is 0.497 e. The number of aromatic nitrogens is 1. The first-order valence-corrected chi connectivity index (χ1v) is 9.38. The van der Waals surface area contributed by atoms with Gasteiger partial charge >= 0.3 is 5.97 Å². The summed E-state index contributed by atoms with van der Waals surface area (Å²) in [5.41, 5.74) is 1.40. The van der Waals surface area contributed by atoms with Gasteiger partial charge in [0.25, 0.3) is 5.91 Å². The van der Waals surface area contributed by atoms with E-state index in [1.165, 1.54) is 18.4 Å². The summed E-state index contributed by atoms with van der Waals surface area (Å²) in [6.07, 6.45) is 2.35. The minimum Gasteiger partial charge on any atom is -0.497 e. The molecule has 7 nitrogen and oxygen atoms in total. The van der Waals surface area contributed by atoms with E-state index < -0.39 is 5.97 Å². The second kappa shape index (κ2) is 8.00. The van der Waals surface area contributed by atoms with E-state index in [-0.39, 0.29) is 17.6 Å². The Bertz CT molecular complexity index is 845. The van der Waals surface area contributed by atoms with Crippen LogP contribution in [0.1, 0.15) is 37.2 Å². The van der Waals surface area contributed by atoms with Crippen molar-refractivity contribution in [2.24, 2.45) is 5.92 Å². The Morgan fingerprint density at radius 1 is 1.33 bits per heavy atom. The molecule has 1 aromatic heterocycles. The zero-order valence-corrected chi connectivity index (χ0v) is 16.3. The third-order valence-corrected chi connectivity index (χ3v) is 5.45. The molecule has 2 aromatic rings. The highest BCUT2D eigenvalue weighted by Gasteiger charge is 2.31. The number of carbonyl (C=O) groups is 2. The van der Waals surface area contributed by atoms with Gasteiger partial charge in [-0.2, -0.15) is 0 Å². The zero-order valence-electron chi connectivity index (χ0n) is 16.3. The molecule has 0 bridgehead atoms. The molecular formula is C20H28N3O4+. The van der Waals surface area contributed by atoms with Gasteiger partial charge in [0.05, 0.1) is 38.5 Å². The SMILES string of the molecule is COC(=O)c1[nH]c2cc(OC)ccc2c1NC(=O)[C@@H](C)[NH+]1CCC[C@H](C)C1. The number of carbonyl (C=O) groups excluding carboxylic acids is 2. The van der Waals surface area contributed by atoms with Crippen molar-refractivity contribution >= 4 is 28.5 Å². The molecule has 27 heavy (non-hydrogen) atoms. The van der Waals surface area contributed by atoms with Crippen molar-refractivity contribution in [3.05, 3.63) is 23.9 Å². The van der Waals surface area contributed by atoms with Crippen LogP contribution < -0.4 is 15.0 Å². The number of quaternary nitrogens is 1. The monoisotopic (exact) mass is 374 g/mol. The van der Waals surface area contributed by atoms with E-state index in [0.29, 0.717) is 22.9 Å². The summed E-state index contributed by atoms with van der Waals surface area (Å²) in [5.74, 6) is 0.668. The molecule has 7 heteroatoms. The second-order valence-electron chi connectivity index (χ2n) is 7.35. The second-order valence-corrected chi connectivity index (χ2v) is 7.35. The molecule has 1 saturated heterocycles. The first kappa shape index (κ1) is 19.2. The summed E-state index contributed by atoms with van der Waals surface area (Å²) >= 11 is 0. The number of amides is 1. The van der Waals surface area contributed by atoms with Crippen LogP contribution in [-0.2, 0) is 9.53 Å². The molecule has 1 amide bonds. The average Bonchev–Trinajstić information content (AvgIpc) is 3.04. The normalized spacial score (nSPS) is 20.9. The Balaban J connectivity index is 1.90. The average molecular weight is 374 g/mol. The number of hydrogen-bond acceptors (Lipinski definition) is 4. The Morgan fingerprint density at radius 2 is 2.11 bits per heavy atom. The smallest absolute Gasteiger partial charge is 0.356 e. The number of nitrogens with one attached hydrogen (secondary N) is 3. The van der Waals surface area contributed by atoms with Gasteiger partial charge < -0.3 is 24.7 Å². The summed E-state index contributed by atoms with van der Waals surface area (Å²) in [7, 11) is 2.90. The summed E-state index contributed by atoms with van der Waals surface area (Å²) in [5, 5.41) is 3.71. The van der Waals surface area contributed by atoms with Gasteiger partial charge in [-0.3, -0.25) is 4.79 Å². The van der Waals surface area contributed by atoms with Gasteiger partial charge in [0.15, 0.2) is 6.04 Å². The number of hydrogen-bond donors (Lipinski definition) is 3. The van der Waals surface area contributed by atoms with Gasteiger partial charge in [0, 0.05) is 17.4 Å². The molecule has 3 atom stereocenters. The summed E-state index contributed by atoms with van der Waals surface area (Å²) in [6, 6.07) is 5.22. The molecule has 2 heterocycles. The number of esters is 1. The van der Waals surface area contributed by atoms with E-state index in [1.54, 1.807) is 19.2 Å². The van der Waals surface area contributed by atoms with E-state index in [9.17, 15) is 9.59 Å². The molecule has 1 fully saturated rings. The molecule has 3 rings (SSSR count). The van der Waals surface area contributed by atoms with Crippen LogP contribution in [0.2, 0.25) is 0 Å². The molecule has 0 radical (unpaired) electrons. The maximum absolute atomic E-state index is 12.9. The Morgan fingerprint density at radius 3 is 2.78 bits per heavy atom. The van der Waals surface area contributed by atoms with E-state index in [1.807, 2.05) is 13.0 Å². The summed E-state index contributed by atoms with van der Waals surface area (Å²) < 4.78 is 10.1. The number of rotatable bonds is 5. The lowest BCUT2D eigenvalue weighted by Crippen LogP contribution is -3.17. The first-order valence-electron chi connectivity index (χ1n) is 9.38. The van der Waals surface area contributed by atoms with E-state index >= 15 is 0 Å². The van der Waals surface area contributed by atoms with Crippen LogP contribution in [0.3, 0.4) is 0 Å². The van der Waals surface area contributed by atoms with Crippen LogP contribution in [-0.4, -0.2) is 50.2 Å². The predicted octanol–water partition coefficient (Wildman–Crippen LogP) is 1.60. The van der Waals surface area contributed by atoms with Gasteiger partial charge in [-0.25, -0.2) is 4.79 Å². The highest BCUT2D eigenvalue weighted by atomic mass is 16.5. The fourth-order valence-corrected chi connectivity index (χ4v) is 3.83. The van der Waals surface area contributed by atoms with E-state index in [0.717, 1.165) is 24.9 Å². The van der Waals surface area contributed by atoms with Gasteiger partial charge in [0.2, 0.25) is 0 Å². The van der Waals surface area contributed by atoms with Crippen LogP contribution in [0.4, 0.5) is 5.69 Å². The minimum atomic E-state index is -0.521. The number of methoxy groups -OCH3 is 2. The number of benzene rings is 1. The van der Waals surface area contributed by atoms with Gasteiger partial charge in [-0.15, -0.1) is 0 Å². The van der Waals surface area contributed by atoms with Gasteiger partial charge in [-0.05, 0) is 31.9 Å². The summed E-state index contributed by atoms with van der Waals surface area (Å²) in [4.78, 5) is 29.5. The van der Waals surface area contributed by atoms with Crippen LogP contribution in [0.15, 0.2) is 18.2 Å². The van der Waals surface area contributed by atoms with Gasteiger partial charge in [0.1, 0.15) is 11.4 Å². The number of piperidine rings is 1. The lowest BCUT2D eigenvalue weighted by atomic mass is 9.99. The molecule has 0 saturated carbocycles. The number of ether oxygens (including phenoxy) is 2. The molecule has 146 valence electrons. The van der Waals surface area contributed by atoms with Crippen molar-refractivity contribution in [3.8, 4) is 5.75 Å². The number of anilines is 1. The standard InChI is InChI=1S/C20H27N3O4/c1-12-6-5-9-23(11-12)13(2)19(24)22-17-15-8-7-14(26-3)10-16(15)21-18(17)20(25)27-4/h7-8,10,12-13,21H,5-6,9,11H2,1-4H3,(H,22,24)/p+1/t12-,13+/m0/s1. The lowest BCUT2D eigenvalue weighted by molar-refractivity contribution is -0.922. The van der Waals surface area contributed by atoms with Crippen molar-refractivity contribution in [2.75, 3.05) is 32.6 Å². The van der Waals surface area contributed by atoms with Crippen LogP contribution in [0.25, 0.3) is 10.9 Å². The van der Waals surface area contributed by atoms with Crippen molar-refractivity contribution in [3.63, 3.8) is 0 Å². The fourth-order valence-electron chi connectivity index (χ4n) is 3.83. The Kier molecular flexibility index (Phi) is 5.70. The van der Waals surface area contributed by atoms with Crippen LogP contribution in [0, 0.1) is 5.92 Å². The first-order chi connectivity index (χ1) is 12.9. The topological polar surface area (TPSA) is 84.9 Å². The number of H-pyrrole nitrogens is 1. The highest BCUT2D eigenvalue weighted by molar-refractivity contribution is 6.11. The molecule has 1 unspecified atom stereocenters. The van der Waals surface area contributed by atoms with E-state index in [2.05, 4.69) is 17.2 Å². The van der Waals surface area contributed by atoms with Crippen LogP contribution >= 0.6 is 0 Å². The summed E-state index contributed by atoms with van der Waals surface area (Å²) in [6.45, 7) is 6.15. The molecule has 3 N–H and O–H groups in total. The Labute approximate surface area is 159 Å². The minimum absolute atomic E-state index is 0.0963. The van der Waals surface area contributed by atoms with Crippen LogP contribution in [0.5, 0.6) is 5.75 Å². The quantitative estimate of drug-likeness (QED) is 0.694. The number of fused-ring (bicyclic) bond motifs is 1. The molecule has 1 aromatic carbocycles. The molecule has 0 spiro atoms. The third-order valence-electron chi connectivity index (χ3n) is 5.45. The maximum atomic E-state index is 12.9. The fraction of sp³-hybridized carbons (Fsp3) is 0.500.